The second-order valence-electron chi connectivity index (χ2n) is 4.23. The maximum atomic E-state index is 11.7. The van der Waals surface area contributed by atoms with Gasteiger partial charge in [0.1, 0.15) is 0 Å². The van der Waals surface area contributed by atoms with Gasteiger partial charge in [-0.2, -0.15) is 0 Å². The molecule has 0 atom stereocenters. The van der Waals surface area contributed by atoms with Gasteiger partial charge in [-0.05, 0) is 36.7 Å². The van der Waals surface area contributed by atoms with Crippen molar-refractivity contribution in [1.29, 1.82) is 0 Å². The van der Waals surface area contributed by atoms with Gasteiger partial charge in [0, 0.05) is 24.7 Å². The third-order valence-corrected chi connectivity index (χ3v) is 3.42. The molecule has 0 aromatic heterocycles. The molecule has 2 N–H and O–H groups in total. The quantitative estimate of drug-likeness (QED) is 0.509. The second-order valence-corrected chi connectivity index (χ2v) is 5.19. The average Bonchev–Trinajstić information content (AvgIpc) is 2.22. The molecule has 0 radical (unpaired) electrons. The highest BCUT2D eigenvalue weighted by Crippen LogP contribution is 2.31. The SMILES string of the molecule is C=C(C)Cc1cccc(N)c1SC(=O)N(C)C. The van der Waals surface area contributed by atoms with Gasteiger partial charge in [0.25, 0.3) is 5.24 Å². The monoisotopic (exact) mass is 250 g/mol. The highest BCUT2D eigenvalue weighted by molar-refractivity contribution is 8.13. The summed E-state index contributed by atoms with van der Waals surface area (Å²) in [7, 11) is 3.46. The van der Waals surface area contributed by atoms with Gasteiger partial charge >= 0.3 is 0 Å². The summed E-state index contributed by atoms with van der Waals surface area (Å²) in [5.74, 6) is 0. The molecular formula is C13H18N2OS. The van der Waals surface area contributed by atoms with Crippen molar-refractivity contribution in [2.45, 2.75) is 18.2 Å². The predicted molar refractivity (Wildman–Crippen MR) is 74.3 cm³/mol. The lowest BCUT2D eigenvalue weighted by Crippen LogP contribution is -2.16. The zero-order valence-corrected chi connectivity index (χ0v) is 11.3. The van der Waals surface area contributed by atoms with E-state index < -0.39 is 0 Å². The number of carbonyl (C=O) groups is 1. The first kappa shape index (κ1) is 13.6. The number of benzene rings is 1. The third-order valence-electron chi connectivity index (χ3n) is 2.17. The number of thioether (sulfide) groups is 1. The van der Waals surface area contributed by atoms with Gasteiger partial charge in [-0.3, -0.25) is 4.79 Å². The Kier molecular flexibility index (Phi) is 4.63. The number of rotatable bonds is 3. The number of anilines is 1. The third kappa shape index (κ3) is 3.82. The standard InChI is InChI=1S/C13H18N2OS/c1-9(2)8-10-6-5-7-11(14)12(10)17-13(16)15(3)4/h5-7H,1,8,14H2,2-4H3. The molecule has 0 unspecified atom stereocenters. The van der Waals surface area contributed by atoms with Crippen molar-refractivity contribution in [3.63, 3.8) is 0 Å². The Balaban J connectivity index is 3.03. The van der Waals surface area contributed by atoms with Crippen LogP contribution in [-0.4, -0.2) is 24.2 Å². The molecule has 0 aliphatic heterocycles. The number of nitrogen functional groups attached to an aromatic ring is 1. The van der Waals surface area contributed by atoms with Crippen LogP contribution in [0.2, 0.25) is 0 Å². The number of amides is 1. The van der Waals surface area contributed by atoms with Crippen LogP contribution in [0.3, 0.4) is 0 Å². The van der Waals surface area contributed by atoms with Gasteiger partial charge in [-0.1, -0.05) is 24.3 Å². The zero-order chi connectivity index (χ0) is 13.0. The maximum absolute atomic E-state index is 11.7. The van der Waals surface area contributed by atoms with Gasteiger partial charge in [0.15, 0.2) is 0 Å². The van der Waals surface area contributed by atoms with Crippen LogP contribution in [0.15, 0.2) is 35.2 Å². The minimum absolute atomic E-state index is 0.0223. The zero-order valence-electron chi connectivity index (χ0n) is 10.5. The first-order valence-corrected chi connectivity index (χ1v) is 6.14. The largest absolute Gasteiger partial charge is 0.398 e. The molecule has 0 bridgehead atoms. The van der Waals surface area contributed by atoms with Crippen molar-refractivity contribution >= 4 is 22.7 Å². The minimum Gasteiger partial charge on any atom is -0.398 e. The number of hydrogen-bond donors (Lipinski definition) is 1. The summed E-state index contributed by atoms with van der Waals surface area (Å²) in [6.45, 7) is 5.85. The van der Waals surface area contributed by atoms with E-state index in [0.29, 0.717) is 5.69 Å². The highest BCUT2D eigenvalue weighted by Gasteiger charge is 2.13. The molecule has 1 amide bonds. The molecule has 1 rings (SSSR count). The van der Waals surface area contributed by atoms with Crippen LogP contribution in [0, 0.1) is 0 Å². The molecule has 0 fully saturated rings. The van der Waals surface area contributed by atoms with Crippen LogP contribution in [0.4, 0.5) is 10.5 Å². The molecule has 0 spiro atoms. The molecule has 0 saturated heterocycles. The molecule has 17 heavy (non-hydrogen) atoms. The van der Waals surface area contributed by atoms with E-state index in [-0.39, 0.29) is 5.24 Å². The van der Waals surface area contributed by atoms with E-state index in [1.165, 1.54) is 11.8 Å². The van der Waals surface area contributed by atoms with Crippen LogP contribution in [0.25, 0.3) is 0 Å². The molecule has 4 heteroatoms. The topological polar surface area (TPSA) is 46.3 Å². The fourth-order valence-electron chi connectivity index (χ4n) is 1.37. The summed E-state index contributed by atoms with van der Waals surface area (Å²) < 4.78 is 0. The Morgan fingerprint density at radius 3 is 2.65 bits per heavy atom. The molecule has 0 aliphatic carbocycles. The Hall–Kier alpha value is -1.42. The van der Waals surface area contributed by atoms with Gasteiger partial charge < -0.3 is 10.6 Å². The Bertz CT molecular complexity index is 441. The van der Waals surface area contributed by atoms with E-state index in [1.54, 1.807) is 19.0 Å². The van der Waals surface area contributed by atoms with E-state index >= 15 is 0 Å². The van der Waals surface area contributed by atoms with Gasteiger partial charge in [0.05, 0.1) is 0 Å². The minimum atomic E-state index is -0.0223. The lowest BCUT2D eigenvalue weighted by atomic mass is 10.1. The van der Waals surface area contributed by atoms with Gasteiger partial charge in [-0.25, -0.2) is 0 Å². The smallest absolute Gasteiger partial charge is 0.286 e. The summed E-state index contributed by atoms with van der Waals surface area (Å²) in [5, 5.41) is -0.0223. The Morgan fingerprint density at radius 2 is 2.12 bits per heavy atom. The van der Waals surface area contributed by atoms with E-state index in [2.05, 4.69) is 6.58 Å². The lowest BCUT2D eigenvalue weighted by molar-refractivity contribution is 0.241. The normalized spacial score (nSPS) is 10.1. The number of nitrogens with zero attached hydrogens (tertiary/aromatic N) is 1. The van der Waals surface area contributed by atoms with Crippen molar-refractivity contribution in [2.75, 3.05) is 19.8 Å². The van der Waals surface area contributed by atoms with Gasteiger partial charge in [0.2, 0.25) is 0 Å². The number of allylic oxidation sites excluding steroid dienone is 1. The Morgan fingerprint density at radius 1 is 1.47 bits per heavy atom. The number of nitrogens with two attached hydrogens (primary N) is 1. The fourth-order valence-corrected chi connectivity index (χ4v) is 2.19. The summed E-state index contributed by atoms with van der Waals surface area (Å²) in [6.07, 6.45) is 0.744. The van der Waals surface area contributed by atoms with Crippen LogP contribution >= 0.6 is 11.8 Å². The summed E-state index contributed by atoms with van der Waals surface area (Å²) in [5.41, 5.74) is 8.67. The van der Waals surface area contributed by atoms with Gasteiger partial charge in [-0.15, -0.1) is 0 Å². The number of carbonyl (C=O) groups excluding carboxylic acids is 1. The molecule has 0 heterocycles. The average molecular weight is 250 g/mol. The van der Waals surface area contributed by atoms with Crippen molar-refractivity contribution in [3.05, 3.63) is 35.9 Å². The summed E-state index contributed by atoms with van der Waals surface area (Å²) in [6, 6.07) is 5.70. The van der Waals surface area contributed by atoms with E-state index in [0.717, 1.165) is 22.5 Å². The van der Waals surface area contributed by atoms with Crippen molar-refractivity contribution in [1.82, 2.24) is 4.90 Å². The lowest BCUT2D eigenvalue weighted by Gasteiger charge is -2.14. The van der Waals surface area contributed by atoms with Crippen molar-refractivity contribution in [2.24, 2.45) is 0 Å². The fraction of sp³-hybridized carbons (Fsp3) is 0.308. The predicted octanol–water partition coefficient (Wildman–Crippen LogP) is 3.16. The Labute approximate surface area is 107 Å². The molecule has 0 aliphatic rings. The maximum Gasteiger partial charge on any atom is 0.286 e. The number of hydrogen-bond acceptors (Lipinski definition) is 3. The van der Waals surface area contributed by atoms with Crippen LogP contribution < -0.4 is 5.73 Å². The van der Waals surface area contributed by atoms with E-state index in [9.17, 15) is 4.79 Å². The van der Waals surface area contributed by atoms with E-state index in [4.69, 9.17) is 5.73 Å². The van der Waals surface area contributed by atoms with Crippen LogP contribution in [-0.2, 0) is 6.42 Å². The first-order chi connectivity index (χ1) is 7.91. The molecule has 1 aromatic carbocycles. The summed E-state index contributed by atoms with van der Waals surface area (Å²) in [4.78, 5) is 14.1. The van der Waals surface area contributed by atoms with Crippen LogP contribution in [0.1, 0.15) is 12.5 Å². The van der Waals surface area contributed by atoms with Crippen molar-refractivity contribution in [3.8, 4) is 0 Å². The summed E-state index contributed by atoms with van der Waals surface area (Å²) >= 11 is 1.17. The first-order valence-electron chi connectivity index (χ1n) is 5.32. The molecule has 1 aromatic rings. The molecule has 3 nitrogen and oxygen atoms in total. The molecule has 92 valence electrons. The second kappa shape index (κ2) is 5.77. The molecular weight excluding hydrogens is 232 g/mol. The molecule has 0 saturated carbocycles. The highest BCUT2D eigenvalue weighted by atomic mass is 32.2. The van der Waals surface area contributed by atoms with E-state index in [1.807, 2.05) is 25.1 Å². The van der Waals surface area contributed by atoms with Crippen molar-refractivity contribution < 1.29 is 4.79 Å². The van der Waals surface area contributed by atoms with Crippen LogP contribution in [0.5, 0.6) is 0 Å².